The molecule has 8 nitrogen and oxygen atoms in total. The van der Waals surface area contributed by atoms with Crippen LogP contribution in [-0.4, -0.2) is 67.1 Å². The van der Waals surface area contributed by atoms with Crippen LogP contribution in [0.25, 0.3) is 0 Å². The molecule has 0 radical (unpaired) electrons. The largest absolute Gasteiger partial charge is 0.496 e. The van der Waals surface area contributed by atoms with E-state index in [9.17, 15) is 14.9 Å². The maximum Gasteiger partial charge on any atom is 0.273 e. The summed E-state index contributed by atoms with van der Waals surface area (Å²) >= 11 is 0. The quantitative estimate of drug-likeness (QED) is 0.451. The van der Waals surface area contributed by atoms with Crippen LogP contribution in [0.2, 0.25) is 0 Å². The molecule has 0 spiro atoms. The Balaban J connectivity index is 1.79. The van der Waals surface area contributed by atoms with Crippen molar-refractivity contribution < 1.29 is 19.2 Å². The molecule has 0 N–H and O–H groups in total. The Hall–Kier alpha value is -2.97. The van der Waals surface area contributed by atoms with Gasteiger partial charge in [0.2, 0.25) is 0 Å². The lowest BCUT2D eigenvalue weighted by Crippen LogP contribution is -2.39. The van der Waals surface area contributed by atoms with E-state index in [2.05, 4.69) is 4.90 Å². The molecule has 166 valence electrons. The van der Waals surface area contributed by atoms with Crippen molar-refractivity contribution in [3.8, 4) is 5.75 Å². The summed E-state index contributed by atoms with van der Waals surface area (Å²) in [5, 5.41) is 11.3. The molecule has 1 amide bonds. The number of nitro groups is 1. The molecule has 1 aliphatic heterocycles. The Morgan fingerprint density at radius 3 is 2.68 bits per heavy atom. The lowest BCUT2D eigenvalue weighted by Gasteiger charge is -2.28. The molecule has 1 aliphatic rings. The van der Waals surface area contributed by atoms with Gasteiger partial charge in [0.15, 0.2) is 0 Å². The molecule has 1 saturated heterocycles. The molecule has 0 atom stereocenters. The second kappa shape index (κ2) is 10.9. The van der Waals surface area contributed by atoms with E-state index in [1.165, 1.54) is 6.07 Å². The molecule has 0 saturated carbocycles. The number of amides is 1. The molecule has 1 fully saturated rings. The van der Waals surface area contributed by atoms with Gasteiger partial charge in [-0.05, 0) is 25.5 Å². The fourth-order valence-corrected chi connectivity index (χ4v) is 3.72. The molecule has 0 bridgehead atoms. The van der Waals surface area contributed by atoms with Crippen LogP contribution < -0.4 is 4.74 Å². The Labute approximate surface area is 182 Å². The van der Waals surface area contributed by atoms with E-state index in [0.717, 1.165) is 44.8 Å². The summed E-state index contributed by atoms with van der Waals surface area (Å²) in [5.41, 5.74) is 1.70. The SMILES string of the molecule is COc1ccccc1CN(CCCN1CCOCC1)C(=O)c1ccc(C)c([N+](=O)[O-])c1. The van der Waals surface area contributed by atoms with Gasteiger partial charge in [-0.1, -0.05) is 24.3 Å². The molecule has 0 aliphatic carbocycles. The van der Waals surface area contributed by atoms with Crippen molar-refractivity contribution >= 4 is 11.6 Å². The first-order valence-corrected chi connectivity index (χ1v) is 10.5. The van der Waals surface area contributed by atoms with Crippen LogP contribution in [0.15, 0.2) is 42.5 Å². The van der Waals surface area contributed by atoms with Gasteiger partial charge >= 0.3 is 0 Å². The summed E-state index contributed by atoms with van der Waals surface area (Å²) in [6.07, 6.45) is 0.800. The first-order chi connectivity index (χ1) is 15.0. The maximum absolute atomic E-state index is 13.3. The number of nitro benzene ring substituents is 1. The summed E-state index contributed by atoms with van der Waals surface area (Å²) in [6, 6.07) is 12.2. The van der Waals surface area contributed by atoms with Crippen LogP contribution in [0.5, 0.6) is 5.75 Å². The van der Waals surface area contributed by atoms with Crippen LogP contribution in [-0.2, 0) is 11.3 Å². The highest BCUT2D eigenvalue weighted by Crippen LogP contribution is 2.23. The average Bonchev–Trinajstić information content (AvgIpc) is 2.79. The van der Waals surface area contributed by atoms with E-state index < -0.39 is 4.92 Å². The van der Waals surface area contributed by atoms with Crippen LogP contribution >= 0.6 is 0 Å². The maximum atomic E-state index is 13.3. The van der Waals surface area contributed by atoms with Gasteiger partial charge in [0, 0.05) is 55.5 Å². The third-order valence-electron chi connectivity index (χ3n) is 5.50. The van der Waals surface area contributed by atoms with Gasteiger partial charge in [0.25, 0.3) is 11.6 Å². The number of hydrogen-bond donors (Lipinski definition) is 0. The van der Waals surface area contributed by atoms with Crippen LogP contribution in [0, 0.1) is 17.0 Å². The number of para-hydroxylation sites is 1. The second-order valence-electron chi connectivity index (χ2n) is 7.60. The first kappa shape index (κ1) is 22.7. The molecule has 2 aromatic carbocycles. The predicted octanol–water partition coefficient (Wildman–Crippen LogP) is 3.28. The summed E-state index contributed by atoms with van der Waals surface area (Å²) in [6.45, 7) is 6.70. The highest BCUT2D eigenvalue weighted by atomic mass is 16.6. The van der Waals surface area contributed by atoms with Gasteiger partial charge in [0.05, 0.1) is 25.2 Å². The zero-order valence-electron chi connectivity index (χ0n) is 18.1. The fourth-order valence-electron chi connectivity index (χ4n) is 3.72. The molecule has 0 aromatic heterocycles. The number of carbonyl (C=O) groups excluding carboxylic acids is 1. The second-order valence-corrected chi connectivity index (χ2v) is 7.60. The Bertz CT molecular complexity index is 912. The third kappa shape index (κ3) is 6.02. The zero-order chi connectivity index (χ0) is 22.2. The lowest BCUT2D eigenvalue weighted by molar-refractivity contribution is -0.385. The molecule has 1 heterocycles. The molecular weight excluding hydrogens is 398 g/mol. The van der Waals surface area contributed by atoms with E-state index in [1.807, 2.05) is 24.3 Å². The number of methoxy groups -OCH3 is 1. The molecule has 3 rings (SSSR count). The summed E-state index contributed by atoms with van der Waals surface area (Å²) < 4.78 is 10.8. The molecule has 2 aromatic rings. The molecule has 31 heavy (non-hydrogen) atoms. The van der Waals surface area contributed by atoms with Gasteiger partial charge in [-0.2, -0.15) is 0 Å². The summed E-state index contributed by atoms with van der Waals surface area (Å²) in [5.74, 6) is 0.486. The van der Waals surface area contributed by atoms with Crippen LogP contribution in [0.3, 0.4) is 0 Å². The minimum atomic E-state index is -0.449. The topological polar surface area (TPSA) is 85.2 Å². The zero-order valence-corrected chi connectivity index (χ0v) is 18.1. The van der Waals surface area contributed by atoms with Gasteiger partial charge in [-0.25, -0.2) is 0 Å². The number of nitrogens with zero attached hydrogens (tertiary/aromatic N) is 3. The van der Waals surface area contributed by atoms with E-state index in [1.54, 1.807) is 31.1 Å². The molecule has 0 unspecified atom stereocenters. The lowest BCUT2D eigenvalue weighted by atomic mass is 10.1. The van der Waals surface area contributed by atoms with Gasteiger partial charge in [0.1, 0.15) is 5.75 Å². The van der Waals surface area contributed by atoms with Crippen molar-refractivity contribution in [2.24, 2.45) is 0 Å². The van der Waals surface area contributed by atoms with Gasteiger partial charge < -0.3 is 14.4 Å². The van der Waals surface area contributed by atoms with Crippen molar-refractivity contribution in [1.29, 1.82) is 0 Å². The Kier molecular flexibility index (Phi) is 7.97. The summed E-state index contributed by atoms with van der Waals surface area (Å²) in [7, 11) is 1.60. The Morgan fingerprint density at radius 1 is 1.23 bits per heavy atom. The standard InChI is InChI=1S/C23H29N3O5/c1-18-8-9-19(16-21(18)26(28)29)23(27)25(11-5-10-24-12-14-31-15-13-24)17-20-6-3-4-7-22(20)30-2/h3-4,6-9,16H,5,10-15,17H2,1-2H3. The normalized spacial score (nSPS) is 14.3. The van der Waals surface area contributed by atoms with E-state index in [4.69, 9.17) is 9.47 Å². The fraction of sp³-hybridized carbons (Fsp3) is 0.435. The molecule has 8 heteroatoms. The number of rotatable bonds is 9. The number of ether oxygens (including phenoxy) is 2. The number of carbonyl (C=O) groups is 1. The third-order valence-corrected chi connectivity index (χ3v) is 5.50. The van der Waals surface area contributed by atoms with Crippen molar-refractivity contribution in [3.63, 3.8) is 0 Å². The van der Waals surface area contributed by atoms with Crippen LogP contribution in [0.1, 0.15) is 27.9 Å². The van der Waals surface area contributed by atoms with E-state index in [0.29, 0.717) is 30.0 Å². The number of benzene rings is 2. The minimum absolute atomic E-state index is 0.0450. The van der Waals surface area contributed by atoms with Crippen molar-refractivity contribution in [2.75, 3.05) is 46.5 Å². The minimum Gasteiger partial charge on any atom is -0.496 e. The highest BCUT2D eigenvalue weighted by molar-refractivity contribution is 5.95. The number of aryl methyl sites for hydroxylation is 1. The summed E-state index contributed by atoms with van der Waals surface area (Å²) in [4.78, 5) is 28.3. The van der Waals surface area contributed by atoms with Crippen molar-refractivity contribution in [3.05, 3.63) is 69.3 Å². The van der Waals surface area contributed by atoms with Gasteiger partial charge in [-0.3, -0.25) is 19.8 Å². The monoisotopic (exact) mass is 427 g/mol. The smallest absolute Gasteiger partial charge is 0.273 e. The number of morpholine rings is 1. The molecular formula is C23H29N3O5. The highest BCUT2D eigenvalue weighted by Gasteiger charge is 2.21. The Morgan fingerprint density at radius 2 is 1.97 bits per heavy atom. The first-order valence-electron chi connectivity index (χ1n) is 10.5. The van der Waals surface area contributed by atoms with Gasteiger partial charge in [-0.15, -0.1) is 0 Å². The number of hydrogen-bond acceptors (Lipinski definition) is 6. The van der Waals surface area contributed by atoms with Crippen molar-refractivity contribution in [1.82, 2.24) is 9.80 Å². The predicted molar refractivity (Wildman–Crippen MR) is 117 cm³/mol. The van der Waals surface area contributed by atoms with Crippen molar-refractivity contribution in [2.45, 2.75) is 19.9 Å². The average molecular weight is 428 g/mol. The van der Waals surface area contributed by atoms with Crippen LogP contribution in [0.4, 0.5) is 5.69 Å². The van der Waals surface area contributed by atoms with E-state index in [-0.39, 0.29) is 11.6 Å². The van der Waals surface area contributed by atoms with E-state index >= 15 is 0 Å².